The van der Waals surface area contributed by atoms with Crippen LogP contribution < -0.4 is 10.6 Å². The van der Waals surface area contributed by atoms with Crippen LogP contribution >= 0.6 is 0 Å². The maximum atomic E-state index is 11.4. The van der Waals surface area contributed by atoms with E-state index in [9.17, 15) is 9.59 Å². The molecule has 20 heavy (non-hydrogen) atoms. The van der Waals surface area contributed by atoms with Gasteiger partial charge in [0.05, 0.1) is 5.56 Å². The van der Waals surface area contributed by atoms with Crippen LogP contribution in [0.2, 0.25) is 0 Å². The van der Waals surface area contributed by atoms with Crippen LogP contribution in [0.5, 0.6) is 0 Å². The summed E-state index contributed by atoms with van der Waals surface area (Å²) in [6.07, 6.45) is 1.36. The van der Waals surface area contributed by atoms with E-state index in [0.29, 0.717) is 26.1 Å². The molecule has 0 atom stereocenters. The Labute approximate surface area is 118 Å². The Morgan fingerprint density at radius 3 is 2.70 bits per heavy atom. The lowest BCUT2D eigenvalue weighted by atomic mass is 10.1. The quantitative estimate of drug-likeness (QED) is 0.626. The molecule has 0 radical (unpaired) electrons. The van der Waals surface area contributed by atoms with Crippen LogP contribution in [-0.2, 0) is 11.2 Å². The lowest BCUT2D eigenvalue weighted by Crippen LogP contribution is -2.37. The molecule has 0 fully saturated rings. The summed E-state index contributed by atoms with van der Waals surface area (Å²) < 4.78 is 4.87. The van der Waals surface area contributed by atoms with Crippen LogP contribution in [0.4, 0.5) is 4.79 Å². The lowest BCUT2D eigenvalue weighted by Gasteiger charge is -2.07. The summed E-state index contributed by atoms with van der Waals surface area (Å²) in [5, 5.41) is 14.3. The second kappa shape index (κ2) is 8.92. The number of ether oxygens (including phenoxy) is 1. The van der Waals surface area contributed by atoms with Crippen molar-refractivity contribution in [1.82, 2.24) is 10.6 Å². The highest BCUT2D eigenvalue weighted by atomic mass is 16.5. The zero-order chi connectivity index (χ0) is 14.8. The molecule has 6 heteroatoms. The standard InChI is InChI=1S/C14H20N2O4/c1-20-9-3-7-15-14(19)16-8-6-11-4-2-5-12(10-11)13(17)18/h2,4-5,10H,3,6-9H2,1H3,(H,17,18)(H2,15,16,19). The SMILES string of the molecule is COCCCNC(=O)NCCc1cccc(C(=O)O)c1. The highest BCUT2D eigenvalue weighted by molar-refractivity contribution is 5.87. The van der Waals surface area contributed by atoms with Gasteiger partial charge in [-0.3, -0.25) is 0 Å². The molecule has 6 nitrogen and oxygen atoms in total. The number of hydrogen-bond donors (Lipinski definition) is 3. The Balaban J connectivity index is 2.25. The molecule has 0 aliphatic heterocycles. The molecule has 0 spiro atoms. The van der Waals surface area contributed by atoms with Gasteiger partial charge >= 0.3 is 12.0 Å². The highest BCUT2D eigenvalue weighted by Crippen LogP contribution is 2.05. The summed E-state index contributed by atoms with van der Waals surface area (Å²) in [6, 6.07) is 6.46. The predicted molar refractivity (Wildman–Crippen MR) is 75.0 cm³/mol. The molecule has 0 bridgehead atoms. The molecular formula is C14H20N2O4. The van der Waals surface area contributed by atoms with E-state index in [-0.39, 0.29) is 11.6 Å². The first kappa shape index (κ1) is 16.0. The van der Waals surface area contributed by atoms with E-state index in [0.717, 1.165) is 12.0 Å². The summed E-state index contributed by atoms with van der Waals surface area (Å²) >= 11 is 0. The second-order valence-electron chi connectivity index (χ2n) is 4.28. The third kappa shape index (κ3) is 6.19. The van der Waals surface area contributed by atoms with Gasteiger partial charge in [-0.2, -0.15) is 0 Å². The number of aromatic carboxylic acids is 1. The molecule has 0 saturated heterocycles. The molecular weight excluding hydrogens is 260 g/mol. The minimum Gasteiger partial charge on any atom is -0.478 e. The number of hydrogen-bond acceptors (Lipinski definition) is 3. The number of carbonyl (C=O) groups is 2. The van der Waals surface area contributed by atoms with Crippen molar-refractivity contribution in [2.45, 2.75) is 12.8 Å². The Hall–Kier alpha value is -2.08. The maximum Gasteiger partial charge on any atom is 0.335 e. The first-order chi connectivity index (χ1) is 9.63. The van der Waals surface area contributed by atoms with Crippen molar-refractivity contribution in [3.05, 3.63) is 35.4 Å². The molecule has 0 aromatic heterocycles. The molecule has 0 aliphatic carbocycles. The monoisotopic (exact) mass is 280 g/mol. The number of nitrogens with one attached hydrogen (secondary N) is 2. The molecule has 1 aromatic carbocycles. The topological polar surface area (TPSA) is 87.7 Å². The van der Waals surface area contributed by atoms with E-state index >= 15 is 0 Å². The van der Waals surface area contributed by atoms with Crippen LogP contribution in [0, 0.1) is 0 Å². The third-order valence-electron chi connectivity index (χ3n) is 2.68. The fraction of sp³-hybridized carbons (Fsp3) is 0.429. The normalized spacial score (nSPS) is 10.1. The molecule has 0 aliphatic rings. The van der Waals surface area contributed by atoms with Gasteiger partial charge in [-0.15, -0.1) is 0 Å². The molecule has 110 valence electrons. The number of carbonyl (C=O) groups excluding carboxylic acids is 1. The van der Waals surface area contributed by atoms with Crippen molar-refractivity contribution in [3.8, 4) is 0 Å². The lowest BCUT2D eigenvalue weighted by molar-refractivity contribution is 0.0696. The van der Waals surface area contributed by atoms with Gasteiger partial charge in [-0.25, -0.2) is 9.59 Å². The minimum absolute atomic E-state index is 0.226. The zero-order valence-electron chi connectivity index (χ0n) is 11.5. The van der Waals surface area contributed by atoms with Gasteiger partial charge in [0.2, 0.25) is 0 Å². The fourth-order valence-corrected chi connectivity index (χ4v) is 1.66. The highest BCUT2D eigenvalue weighted by Gasteiger charge is 2.04. The molecule has 2 amide bonds. The van der Waals surface area contributed by atoms with E-state index in [1.807, 2.05) is 6.07 Å². The van der Waals surface area contributed by atoms with Gasteiger partial charge in [-0.05, 0) is 30.5 Å². The van der Waals surface area contributed by atoms with E-state index in [2.05, 4.69) is 10.6 Å². The first-order valence-electron chi connectivity index (χ1n) is 6.46. The Morgan fingerprint density at radius 1 is 1.25 bits per heavy atom. The zero-order valence-corrected chi connectivity index (χ0v) is 11.5. The number of carboxylic acid groups (broad SMARTS) is 1. The Morgan fingerprint density at radius 2 is 2.00 bits per heavy atom. The van der Waals surface area contributed by atoms with Gasteiger partial charge < -0.3 is 20.5 Å². The van der Waals surface area contributed by atoms with E-state index in [1.165, 1.54) is 0 Å². The van der Waals surface area contributed by atoms with Crippen molar-refractivity contribution >= 4 is 12.0 Å². The number of amides is 2. The van der Waals surface area contributed by atoms with E-state index in [4.69, 9.17) is 9.84 Å². The van der Waals surface area contributed by atoms with Gasteiger partial charge in [0.15, 0.2) is 0 Å². The molecule has 0 unspecified atom stereocenters. The third-order valence-corrected chi connectivity index (χ3v) is 2.68. The summed E-state index contributed by atoms with van der Waals surface area (Å²) in [7, 11) is 1.62. The van der Waals surface area contributed by atoms with Crippen molar-refractivity contribution in [2.24, 2.45) is 0 Å². The molecule has 0 heterocycles. The van der Waals surface area contributed by atoms with Gasteiger partial charge in [0.25, 0.3) is 0 Å². The average Bonchev–Trinajstić information content (AvgIpc) is 2.44. The molecule has 0 saturated carbocycles. The van der Waals surface area contributed by atoms with Crippen molar-refractivity contribution < 1.29 is 19.4 Å². The fourth-order valence-electron chi connectivity index (χ4n) is 1.66. The van der Waals surface area contributed by atoms with Crippen molar-refractivity contribution in [2.75, 3.05) is 26.8 Å². The summed E-state index contributed by atoms with van der Waals surface area (Å²) in [5.41, 5.74) is 1.14. The Kier molecular flexibility index (Phi) is 7.13. The minimum atomic E-state index is -0.948. The maximum absolute atomic E-state index is 11.4. The predicted octanol–water partition coefficient (Wildman–Crippen LogP) is 1.26. The number of methoxy groups -OCH3 is 1. The van der Waals surface area contributed by atoms with Gasteiger partial charge in [-0.1, -0.05) is 12.1 Å². The molecule has 1 aromatic rings. The number of rotatable bonds is 8. The Bertz CT molecular complexity index is 449. The largest absolute Gasteiger partial charge is 0.478 e. The second-order valence-corrected chi connectivity index (χ2v) is 4.28. The van der Waals surface area contributed by atoms with Crippen LogP contribution in [0.1, 0.15) is 22.3 Å². The number of carboxylic acids is 1. The van der Waals surface area contributed by atoms with E-state index in [1.54, 1.807) is 25.3 Å². The number of benzene rings is 1. The van der Waals surface area contributed by atoms with Gasteiger partial charge in [0.1, 0.15) is 0 Å². The van der Waals surface area contributed by atoms with Crippen molar-refractivity contribution in [3.63, 3.8) is 0 Å². The molecule has 1 rings (SSSR count). The van der Waals surface area contributed by atoms with Crippen LogP contribution in [0.3, 0.4) is 0 Å². The van der Waals surface area contributed by atoms with E-state index < -0.39 is 5.97 Å². The number of urea groups is 1. The van der Waals surface area contributed by atoms with Crippen LogP contribution in [-0.4, -0.2) is 43.9 Å². The van der Waals surface area contributed by atoms with Crippen LogP contribution in [0.15, 0.2) is 24.3 Å². The summed E-state index contributed by atoms with van der Waals surface area (Å²) in [5.74, 6) is -0.948. The van der Waals surface area contributed by atoms with Crippen LogP contribution in [0.25, 0.3) is 0 Å². The summed E-state index contributed by atoms with van der Waals surface area (Å²) in [6.45, 7) is 1.63. The van der Waals surface area contributed by atoms with Crippen molar-refractivity contribution in [1.29, 1.82) is 0 Å². The average molecular weight is 280 g/mol. The first-order valence-corrected chi connectivity index (χ1v) is 6.46. The summed E-state index contributed by atoms with van der Waals surface area (Å²) in [4.78, 5) is 22.2. The molecule has 3 N–H and O–H groups in total. The smallest absolute Gasteiger partial charge is 0.335 e. The van der Waals surface area contributed by atoms with Gasteiger partial charge in [0, 0.05) is 26.8 Å².